The first-order valence-electron chi connectivity index (χ1n) is 9.41. The minimum atomic E-state index is -4.47. The first-order valence-corrected chi connectivity index (χ1v) is 9.41. The second-order valence-corrected chi connectivity index (χ2v) is 6.65. The molecule has 1 aliphatic heterocycles. The standard InChI is InChI=1S/C19H17F3O2.C6H10/c1-13(19(20,21)22)8-9-15-10-11-17-18(14(15)2)16(23)7-5-3-4-6-12-24-17;1-4-5-6(2)3/h3-6,8-11H,1,7,12H2,2H3;4-5H,2H2,1,3H3/b5-3-,6-4-,9-8-;5-4-. The molecular weight excluding hydrogens is 389 g/mol. The molecule has 1 aliphatic rings. The fourth-order valence-electron chi connectivity index (χ4n) is 2.55. The first kappa shape index (κ1) is 25.0. The van der Waals surface area contributed by atoms with Crippen LogP contribution in [-0.2, 0) is 0 Å². The number of benzene rings is 1. The van der Waals surface area contributed by atoms with Gasteiger partial charge in [-0.25, -0.2) is 0 Å². The van der Waals surface area contributed by atoms with Gasteiger partial charge in [-0.2, -0.15) is 13.2 Å². The number of allylic oxidation sites excluding steroid dienone is 8. The Morgan fingerprint density at radius 1 is 1.13 bits per heavy atom. The Morgan fingerprint density at radius 3 is 2.37 bits per heavy atom. The SMILES string of the molecule is C=C(/C=C\c1ccc2c(c1C)C(=O)C/C=C\C=C/CO2)C(F)(F)F.C=C(C)/C=C\C. The highest BCUT2D eigenvalue weighted by molar-refractivity contribution is 6.01. The lowest BCUT2D eigenvalue weighted by atomic mass is 9.95. The highest BCUT2D eigenvalue weighted by atomic mass is 19.4. The van der Waals surface area contributed by atoms with Crippen LogP contribution in [0.25, 0.3) is 6.08 Å². The fraction of sp³-hybridized carbons (Fsp3) is 0.240. The zero-order valence-electron chi connectivity index (χ0n) is 17.6. The van der Waals surface area contributed by atoms with E-state index in [9.17, 15) is 18.0 Å². The smallest absolute Gasteiger partial charge is 0.415 e. The predicted octanol–water partition coefficient (Wildman–Crippen LogP) is 7.34. The fourth-order valence-corrected chi connectivity index (χ4v) is 2.55. The lowest BCUT2D eigenvalue weighted by Gasteiger charge is -2.14. The van der Waals surface area contributed by atoms with Crippen molar-refractivity contribution in [3.8, 4) is 5.75 Å². The summed E-state index contributed by atoms with van der Waals surface area (Å²) in [7, 11) is 0. The van der Waals surface area contributed by atoms with E-state index < -0.39 is 11.7 Å². The first-order chi connectivity index (χ1) is 14.1. The topological polar surface area (TPSA) is 26.3 Å². The predicted molar refractivity (Wildman–Crippen MR) is 118 cm³/mol. The Kier molecular flexibility index (Phi) is 9.82. The van der Waals surface area contributed by atoms with Crippen molar-refractivity contribution in [3.63, 3.8) is 0 Å². The van der Waals surface area contributed by atoms with Crippen molar-refractivity contribution in [2.45, 2.75) is 33.4 Å². The molecule has 2 nitrogen and oxygen atoms in total. The molecule has 0 amide bonds. The van der Waals surface area contributed by atoms with Crippen LogP contribution >= 0.6 is 0 Å². The van der Waals surface area contributed by atoms with Crippen LogP contribution < -0.4 is 4.74 Å². The molecular formula is C25H27F3O2. The Balaban J connectivity index is 0.000000656. The lowest BCUT2D eigenvalue weighted by molar-refractivity contribution is -0.0877. The number of carbonyl (C=O) groups excluding carboxylic acids is 1. The molecule has 0 spiro atoms. The molecule has 1 heterocycles. The van der Waals surface area contributed by atoms with Gasteiger partial charge in [-0.3, -0.25) is 4.79 Å². The van der Waals surface area contributed by atoms with Gasteiger partial charge in [-0.15, -0.1) is 0 Å². The molecule has 1 aromatic rings. The normalized spacial score (nSPS) is 16.3. The third kappa shape index (κ3) is 8.11. The summed E-state index contributed by atoms with van der Waals surface area (Å²) in [5, 5.41) is 0. The molecule has 0 saturated heterocycles. The molecule has 0 radical (unpaired) electrons. The number of Topliss-reactive ketones (excluding diaryl/α,β-unsaturated/α-hetero) is 1. The number of hydrogen-bond donors (Lipinski definition) is 0. The van der Waals surface area contributed by atoms with Gasteiger partial charge in [0.25, 0.3) is 0 Å². The Bertz CT molecular complexity index is 898. The van der Waals surface area contributed by atoms with E-state index in [0.29, 0.717) is 29.0 Å². The Labute approximate surface area is 176 Å². The van der Waals surface area contributed by atoms with E-state index in [1.54, 1.807) is 37.3 Å². The summed E-state index contributed by atoms with van der Waals surface area (Å²) < 4.78 is 43.2. The summed E-state index contributed by atoms with van der Waals surface area (Å²) in [5.41, 5.74) is 1.67. The highest BCUT2D eigenvalue weighted by Gasteiger charge is 2.29. The molecule has 0 saturated carbocycles. The van der Waals surface area contributed by atoms with Gasteiger partial charge in [0.05, 0.1) is 5.56 Å². The maximum absolute atomic E-state index is 12.5. The van der Waals surface area contributed by atoms with Crippen LogP contribution in [0.15, 0.2) is 79.0 Å². The summed E-state index contributed by atoms with van der Waals surface area (Å²) >= 11 is 0. The van der Waals surface area contributed by atoms with Gasteiger partial charge < -0.3 is 4.74 Å². The molecule has 0 aliphatic carbocycles. The average molecular weight is 416 g/mol. The third-order valence-electron chi connectivity index (χ3n) is 4.05. The van der Waals surface area contributed by atoms with Crippen LogP contribution in [0.2, 0.25) is 0 Å². The lowest BCUT2D eigenvalue weighted by Crippen LogP contribution is -2.09. The van der Waals surface area contributed by atoms with E-state index in [-0.39, 0.29) is 12.2 Å². The van der Waals surface area contributed by atoms with Gasteiger partial charge in [0.2, 0.25) is 0 Å². The third-order valence-corrected chi connectivity index (χ3v) is 4.05. The van der Waals surface area contributed by atoms with Crippen molar-refractivity contribution in [1.29, 1.82) is 0 Å². The van der Waals surface area contributed by atoms with Gasteiger partial charge >= 0.3 is 6.18 Å². The molecule has 1 aromatic carbocycles. The Hall–Kier alpha value is -3.08. The van der Waals surface area contributed by atoms with E-state index in [1.807, 2.05) is 32.1 Å². The number of ether oxygens (including phenoxy) is 1. The van der Waals surface area contributed by atoms with Crippen LogP contribution in [0.3, 0.4) is 0 Å². The number of carbonyl (C=O) groups is 1. The molecule has 5 heteroatoms. The van der Waals surface area contributed by atoms with Gasteiger partial charge in [-0.1, -0.05) is 67.3 Å². The van der Waals surface area contributed by atoms with Crippen LogP contribution in [0.1, 0.15) is 41.8 Å². The van der Waals surface area contributed by atoms with Gasteiger partial charge in [0.1, 0.15) is 12.4 Å². The van der Waals surface area contributed by atoms with Crippen molar-refractivity contribution in [1.82, 2.24) is 0 Å². The quantitative estimate of drug-likeness (QED) is 0.482. The largest absolute Gasteiger partial charge is 0.489 e. The van der Waals surface area contributed by atoms with Crippen molar-refractivity contribution >= 4 is 11.9 Å². The number of halogens is 3. The van der Waals surface area contributed by atoms with E-state index >= 15 is 0 Å². The molecule has 0 aromatic heterocycles. The van der Waals surface area contributed by atoms with Gasteiger partial charge in [-0.05, 0) is 44.0 Å². The van der Waals surface area contributed by atoms with Crippen molar-refractivity contribution in [2.75, 3.05) is 6.61 Å². The van der Waals surface area contributed by atoms with Crippen LogP contribution in [-0.4, -0.2) is 18.6 Å². The minimum absolute atomic E-state index is 0.140. The molecule has 0 bridgehead atoms. The highest BCUT2D eigenvalue weighted by Crippen LogP contribution is 2.30. The van der Waals surface area contributed by atoms with Crippen LogP contribution in [0.5, 0.6) is 5.75 Å². The monoisotopic (exact) mass is 416 g/mol. The second kappa shape index (κ2) is 11.8. The number of ketones is 1. The van der Waals surface area contributed by atoms with Crippen LogP contribution in [0.4, 0.5) is 13.2 Å². The molecule has 0 atom stereocenters. The minimum Gasteiger partial charge on any atom is -0.489 e. The summed E-state index contributed by atoms with van der Waals surface area (Å²) in [4.78, 5) is 12.4. The number of alkyl halides is 3. The molecule has 160 valence electrons. The second-order valence-electron chi connectivity index (χ2n) is 6.65. The molecule has 30 heavy (non-hydrogen) atoms. The molecule has 0 N–H and O–H groups in total. The zero-order valence-corrected chi connectivity index (χ0v) is 17.6. The van der Waals surface area contributed by atoms with E-state index in [0.717, 1.165) is 11.6 Å². The summed E-state index contributed by atoms with van der Waals surface area (Å²) in [6.45, 7) is 12.6. The number of hydrogen-bond acceptors (Lipinski definition) is 2. The van der Waals surface area contributed by atoms with Crippen LogP contribution in [0, 0.1) is 6.92 Å². The maximum Gasteiger partial charge on any atom is 0.415 e. The molecule has 0 unspecified atom stereocenters. The Morgan fingerprint density at radius 2 is 1.80 bits per heavy atom. The van der Waals surface area contributed by atoms with Crippen molar-refractivity contribution in [2.24, 2.45) is 0 Å². The van der Waals surface area contributed by atoms with Crippen molar-refractivity contribution < 1.29 is 22.7 Å². The number of rotatable bonds is 3. The maximum atomic E-state index is 12.5. The molecule has 0 fully saturated rings. The zero-order chi connectivity index (χ0) is 22.7. The van der Waals surface area contributed by atoms with E-state index in [1.165, 1.54) is 6.08 Å². The number of fused-ring (bicyclic) bond motifs is 1. The summed E-state index contributed by atoms with van der Waals surface area (Å²) in [6.07, 6.45) is 9.00. The van der Waals surface area contributed by atoms with Gasteiger partial charge in [0.15, 0.2) is 5.78 Å². The van der Waals surface area contributed by atoms with E-state index in [4.69, 9.17) is 4.74 Å². The summed E-state index contributed by atoms with van der Waals surface area (Å²) in [5.74, 6) is 0.295. The summed E-state index contributed by atoms with van der Waals surface area (Å²) in [6, 6.07) is 3.24. The van der Waals surface area contributed by atoms with Crippen molar-refractivity contribution in [3.05, 3.63) is 95.7 Å². The van der Waals surface area contributed by atoms with Gasteiger partial charge in [0, 0.05) is 12.0 Å². The molecule has 2 rings (SSSR count). The van der Waals surface area contributed by atoms with E-state index in [2.05, 4.69) is 13.2 Å². The average Bonchev–Trinajstić information content (AvgIpc) is 2.65.